The molecule has 2 heterocycles. The third-order valence-electron chi connectivity index (χ3n) is 3.91. The Balaban J connectivity index is 1.73. The zero-order chi connectivity index (χ0) is 12.7. The molecule has 0 spiro atoms. The third kappa shape index (κ3) is 2.01. The van der Waals surface area contributed by atoms with Crippen molar-refractivity contribution in [3.05, 3.63) is 11.6 Å². The number of rotatable bonds is 3. The number of nitrogens with two attached hydrogens (primary N) is 1. The molecular weight excluding hydrogens is 230 g/mol. The zero-order valence-corrected chi connectivity index (χ0v) is 10.6. The van der Waals surface area contributed by atoms with Crippen molar-refractivity contribution in [3.63, 3.8) is 0 Å². The molecule has 1 amide bonds. The van der Waals surface area contributed by atoms with E-state index in [4.69, 9.17) is 5.73 Å². The number of hydrogen-bond acceptors (Lipinski definition) is 4. The van der Waals surface area contributed by atoms with Gasteiger partial charge in [-0.2, -0.15) is 0 Å². The largest absolute Gasteiger partial charge is 0.333 e. The summed E-state index contributed by atoms with van der Waals surface area (Å²) in [7, 11) is 0. The van der Waals surface area contributed by atoms with Gasteiger partial charge in [0.1, 0.15) is 5.82 Å². The molecular formula is C12H19N5O. The average Bonchev–Trinajstić information content (AvgIpc) is 2.98. The van der Waals surface area contributed by atoms with E-state index in [1.165, 1.54) is 0 Å². The Morgan fingerprint density at radius 2 is 2.33 bits per heavy atom. The van der Waals surface area contributed by atoms with Crippen LogP contribution >= 0.6 is 0 Å². The summed E-state index contributed by atoms with van der Waals surface area (Å²) in [6.07, 6.45) is 3.28. The molecule has 1 aliphatic carbocycles. The quantitative estimate of drug-likeness (QED) is 0.816. The van der Waals surface area contributed by atoms with Crippen LogP contribution in [0.5, 0.6) is 0 Å². The molecule has 2 aliphatic rings. The minimum atomic E-state index is -0.0680. The second-order valence-electron chi connectivity index (χ2n) is 5.46. The molecule has 3 rings (SSSR count). The van der Waals surface area contributed by atoms with E-state index >= 15 is 0 Å². The number of aromatic amines is 1. The maximum Gasteiger partial charge on any atom is 0.293 e. The van der Waals surface area contributed by atoms with Crippen LogP contribution in [0.2, 0.25) is 0 Å². The van der Waals surface area contributed by atoms with E-state index in [0.29, 0.717) is 24.2 Å². The number of nitrogens with one attached hydrogen (secondary N) is 1. The normalized spacial score (nSPS) is 27.8. The Kier molecular flexibility index (Phi) is 2.81. The highest BCUT2D eigenvalue weighted by Gasteiger charge is 2.35. The Morgan fingerprint density at radius 1 is 1.56 bits per heavy atom. The molecule has 1 saturated heterocycles. The van der Waals surface area contributed by atoms with Gasteiger partial charge < -0.3 is 10.6 Å². The number of likely N-dealkylation sites (tertiary alicyclic amines) is 1. The Bertz CT molecular complexity index is 453. The lowest BCUT2D eigenvalue weighted by atomic mass is 10.1. The molecule has 2 fully saturated rings. The Labute approximate surface area is 106 Å². The van der Waals surface area contributed by atoms with Crippen molar-refractivity contribution in [1.29, 1.82) is 0 Å². The van der Waals surface area contributed by atoms with E-state index in [1.807, 2.05) is 4.90 Å². The van der Waals surface area contributed by atoms with Gasteiger partial charge in [0, 0.05) is 18.5 Å². The highest BCUT2D eigenvalue weighted by Crippen LogP contribution is 2.37. The van der Waals surface area contributed by atoms with Crippen molar-refractivity contribution < 1.29 is 4.79 Å². The fourth-order valence-electron chi connectivity index (χ4n) is 2.63. The molecule has 6 heteroatoms. The molecule has 0 bridgehead atoms. The number of amides is 1. The molecule has 1 saturated carbocycles. The highest BCUT2D eigenvalue weighted by atomic mass is 16.2. The van der Waals surface area contributed by atoms with E-state index in [0.717, 1.165) is 31.6 Å². The predicted octanol–water partition coefficient (Wildman–Crippen LogP) is 0.491. The topological polar surface area (TPSA) is 87.9 Å². The summed E-state index contributed by atoms with van der Waals surface area (Å²) in [5, 5.41) is 6.93. The highest BCUT2D eigenvalue weighted by molar-refractivity contribution is 5.90. The lowest BCUT2D eigenvalue weighted by Crippen LogP contribution is -2.35. The van der Waals surface area contributed by atoms with Crippen LogP contribution in [0.15, 0.2) is 0 Å². The van der Waals surface area contributed by atoms with Gasteiger partial charge in [0.25, 0.3) is 5.91 Å². The van der Waals surface area contributed by atoms with Gasteiger partial charge in [0.2, 0.25) is 5.82 Å². The van der Waals surface area contributed by atoms with Crippen LogP contribution < -0.4 is 5.73 Å². The van der Waals surface area contributed by atoms with E-state index in [9.17, 15) is 4.79 Å². The first-order valence-corrected chi connectivity index (χ1v) is 6.62. The summed E-state index contributed by atoms with van der Waals surface area (Å²) in [6, 6.07) is 0.230. The third-order valence-corrected chi connectivity index (χ3v) is 3.91. The first-order valence-electron chi connectivity index (χ1n) is 6.62. The van der Waals surface area contributed by atoms with Gasteiger partial charge in [0.15, 0.2) is 0 Å². The van der Waals surface area contributed by atoms with E-state index in [2.05, 4.69) is 22.1 Å². The van der Waals surface area contributed by atoms with Crippen molar-refractivity contribution in [1.82, 2.24) is 20.1 Å². The second-order valence-corrected chi connectivity index (χ2v) is 5.46. The molecule has 1 aromatic rings. The van der Waals surface area contributed by atoms with Crippen molar-refractivity contribution in [3.8, 4) is 0 Å². The SMILES string of the molecule is CC1CC(CN)CN1C(=O)c1n[nH]c(C2CC2)n1. The monoisotopic (exact) mass is 249 g/mol. The van der Waals surface area contributed by atoms with Gasteiger partial charge in [-0.3, -0.25) is 9.89 Å². The molecule has 2 atom stereocenters. The number of H-pyrrole nitrogens is 1. The van der Waals surface area contributed by atoms with Crippen LogP contribution in [0.3, 0.4) is 0 Å². The van der Waals surface area contributed by atoms with Crippen molar-refractivity contribution in [2.75, 3.05) is 13.1 Å². The van der Waals surface area contributed by atoms with Gasteiger partial charge in [-0.25, -0.2) is 4.98 Å². The van der Waals surface area contributed by atoms with Crippen molar-refractivity contribution in [2.45, 2.75) is 38.1 Å². The number of aromatic nitrogens is 3. The molecule has 0 radical (unpaired) electrons. The second kappa shape index (κ2) is 4.35. The summed E-state index contributed by atoms with van der Waals surface area (Å²) in [4.78, 5) is 18.5. The molecule has 1 aliphatic heterocycles. The number of nitrogens with zero attached hydrogens (tertiary/aromatic N) is 3. The van der Waals surface area contributed by atoms with Gasteiger partial charge in [-0.1, -0.05) is 0 Å². The molecule has 3 N–H and O–H groups in total. The number of carbonyl (C=O) groups is 1. The van der Waals surface area contributed by atoms with Crippen molar-refractivity contribution in [2.24, 2.45) is 11.7 Å². The molecule has 2 unspecified atom stereocenters. The lowest BCUT2D eigenvalue weighted by molar-refractivity contribution is 0.0731. The Hall–Kier alpha value is -1.43. The summed E-state index contributed by atoms with van der Waals surface area (Å²) in [5.41, 5.74) is 5.67. The van der Waals surface area contributed by atoms with Gasteiger partial charge in [-0.05, 0) is 38.6 Å². The summed E-state index contributed by atoms with van der Waals surface area (Å²) in [5.74, 6) is 2.00. The van der Waals surface area contributed by atoms with E-state index in [1.54, 1.807) is 0 Å². The first-order chi connectivity index (χ1) is 8.69. The summed E-state index contributed by atoms with van der Waals surface area (Å²) in [6.45, 7) is 3.42. The zero-order valence-electron chi connectivity index (χ0n) is 10.6. The van der Waals surface area contributed by atoms with Crippen LogP contribution in [0.1, 0.15) is 48.5 Å². The standard InChI is InChI=1S/C12H19N5O/c1-7-4-8(5-13)6-17(7)12(18)11-14-10(15-16-11)9-2-3-9/h7-9H,2-6,13H2,1H3,(H,14,15,16). The first kappa shape index (κ1) is 11.6. The van der Waals surface area contributed by atoms with Crippen LogP contribution in [0, 0.1) is 5.92 Å². The molecule has 6 nitrogen and oxygen atoms in total. The molecule has 1 aromatic heterocycles. The molecule has 18 heavy (non-hydrogen) atoms. The van der Waals surface area contributed by atoms with E-state index in [-0.39, 0.29) is 11.9 Å². The van der Waals surface area contributed by atoms with Crippen LogP contribution in [0.4, 0.5) is 0 Å². The smallest absolute Gasteiger partial charge is 0.293 e. The van der Waals surface area contributed by atoms with Crippen LogP contribution in [-0.4, -0.2) is 45.1 Å². The Morgan fingerprint density at radius 3 is 2.94 bits per heavy atom. The van der Waals surface area contributed by atoms with Crippen LogP contribution in [0.25, 0.3) is 0 Å². The van der Waals surface area contributed by atoms with Crippen LogP contribution in [-0.2, 0) is 0 Å². The maximum atomic E-state index is 12.3. The fourth-order valence-corrected chi connectivity index (χ4v) is 2.63. The minimum Gasteiger partial charge on any atom is -0.333 e. The maximum absolute atomic E-state index is 12.3. The predicted molar refractivity (Wildman–Crippen MR) is 66.0 cm³/mol. The molecule has 98 valence electrons. The van der Waals surface area contributed by atoms with Gasteiger partial charge >= 0.3 is 0 Å². The van der Waals surface area contributed by atoms with Gasteiger partial charge in [-0.15, -0.1) is 5.10 Å². The summed E-state index contributed by atoms with van der Waals surface area (Å²) < 4.78 is 0. The van der Waals surface area contributed by atoms with Crippen molar-refractivity contribution >= 4 is 5.91 Å². The van der Waals surface area contributed by atoms with E-state index < -0.39 is 0 Å². The fraction of sp³-hybridized carbons (Fsp3) is 0.750. The lowest BCUT2D eigenvalue weighted by Gasteiger charge is -2.19. The summed E-state index contributed by atoms with van der Waals surface area (Å²) >= 11 is 0. The number of hydrogen-bond donors (Lipinski definition) is 2. The minimum absolute atomic E-state index is 0.0680. The number of carbonyl (C=O) groups excluding carboxylic acids is 1. The molecule has 0 aromatic carbocycles. The average molecular weight is 249 g/mol. The van der Waals surface area contributed by atoms with Gasteiger partial charge in [0.05, 0.1) is 0 Å².